The number of rotatable bonds is 4. The highest BCUT2D eigenvalue weighted by atomic mass is 35.5. The molecule has 22 heavy (non-hydrogen) atoms. The number of halogens is 1. The normalized spacial score (nSPS) is 11.7. The number of hydrogen-bond acceptors (Lipinski definition) is 6. The minimum atomic E-state index is -3.18. The molecule has 114 valence electrons. The van der Waals surface area contributed by atoms with Crippen molar-refractivity contribution in [1.82, 2.24) is 19.6 Å². The van der Waals surface area contributed by atoms with Gasteiger partial charge in [-0.25, -0.2) is 8.42 Å². The second-order valence-corrected chi connectivity index (χ2v) is 7.11. The molecule has 0 spiro atoms. The molecule has 7 nitrogen and oxygen atoms in total. The molecule has 0 aliphatic heterocycles. The Bertz CT molecular complexity index is 921. The van der Waals surface area contributed by atoms with Crippen LogP contribution >= 0.6 is 11.6 Å². The maximum atomic E-state index is 11.4. The van der Waals surface area contributed by atoms with Crippen molar-refractivity contribution in [3.05, 3.63) is 47.4 Å². The van der Waals surface area contributed by atoms with Crippen LogP contribution in [0.25, 0.3) is 5.78 Å². The first-order valence-corrected chi connectivity index (χ1v) is 8.59. The molecule has 0 saturated carbocycles. The minimum absolute atomic E-state index is 0.293. The van der Waals surface area contributed by atoms with Crippen molar-refractivity contribution in [2.45, 2.75) is 11.4 Å². The molecule has 0 unspecified atom stereocenters. The smallest absolute Gasteiger partial charge is 0.255 e. The maximum Gasteiger partial charge on any atom is 0.255 e. The topological polar surface area (TPSA) is 89.2 Å². The molecule has 1 aromatic carbocycles. The van der Waals surface area contributed by atoms with Crippen LogP contribution in [0.1, 0.15) is 5.56 Å². The van der Waals surface area contributed by atoms with E-state index in [1.165, 1.54) is 17.1 Å². The van der Waals surface area contributed by atoms with E-state index in [0.717, 1.165) is 5.56 Å². The molecule has 2 aromatic heterocycles. The van der Waals surface area contributed by atoms with Gasteiger partial charge in [-0.1, -0.05) is 23.7 Å². The number of benzene rings is 1. The van der Waals surface area contributed by atoms with Crippen LogP contribution in [0.15, 0.2) is 41.6 Å². The molecule has 0 radical (unpaired) electrons. The molecule has 9 heteroatoms. The second kappa shape index (κ2) is 5.54. The lowest BCUT2D eigenvalue weighted by molar-refractivity contribution is 0.602. The molecule has 0 bridgehead atoms. The Labute approximate surface area is 131 Å². The first-order chi connectivity index (χ1) is 10.4. The van der Waals surface area contributed by atoms with E-state index >= 15 is 0 Å². The molecule has 0 aliphatic carbocycles. The lowest BCUT2D eigenvalue weighted by Gasteiger charge is -2.08. The minimum Gasteiger partial charge on any atom is -0.366 e. The Hall–Kier alpha value is -2.19. The van der Waals surface area contributed by atoms with E-state index in [1.807, 2.05) is 0 Å². The summed E-state index contributed by atoms with van der Waals surface area (Å²) < 4.78 is 24.4. The lowest BCUT2D eigenvalue weighted by atomic mass is 10.2. The van der Waals surface area contributed by atoms with E-state index in [2.05, 4.69) is 20.4 Å². The lowest BCUT2D eigenvalue weighted by Crippen LogP contribution is -2.06. The van der Waals surface area contributed by atoms with Gasteiger partial charge in [0.1, 0.15) is 17.3 Å². The van der Waals surface area contributed by atoms with Crippen LogP contribution in [-0.2, 0) is 16.4 Å². The van der Waals surface area contributed by atoms with Crippen LogP contribution in [0.2, 0.25) is 5.15 Å². The highest BCUT2D eigenvalue weighted by molar-refractivity contribution is 7.90. The molecule has 0 saturated heterocycles. The molecule has 3 rings (SSSR count). The Kier molecular flexibility index (Phi) is 3.71. The molecular formula is C13H12ClN5O2S. The van der Waals surface area contributed by atoms with E-state index in [0.29, 0.717) is 28.2 Å². The summed E-state index contributed by atoms with van der Waals surface area (Å²) in [6.45, 7) is 0.485. The zero-order valence-electron chi connectivity index (χ0n) is 11.6. The standard InChI is InChI=1S/C13H12ClN5O2S/c1-22(20,21)10-4-2-9(3-5-10)7-15-12-6-11(14)18-13-16-8-17-19(12)13/h2-6,8,15H,7H2,1H3. The number of nitrogens with one attached hydrogen (secondary N) is 1. The fraction of sp³-hybridized carbons (Fsp3) is 0.154. The van der Waals surface area contributed by atoms with Crippen LogP contribution in [0.5, 0.6) is 0 Å². The zero-order chi connectivity index (χ0) is 15.7. The summed E-state index contributed by atoms with van der Waals surface area (Å²) in [5.74, 6) is 1.06. The van der Waals surface area contributed by atoms with Crippen molar-refractivity contribution >= 4 is 33.0 Å². The number of hydrogen-bond donors (Lipinski definition) is 1. The van der Waals surface area contributed by atoms with Gasteiger partial charge in [-0.3, -0.25) is 0 Å². The van der Waals surface area contributed by atoms with Crippen molar-refractivity contribution in [3.63, 3.8) is 0 Å². The van der Waals surface area contributed by atoms with Crippen molar-refractivity contribution in [3.8, 4) is 0 Å². The Morgan fingerprint density at radius 1 is 1.27 bits per heavy atom. The Balaban J connectivity index is 1.81. The highest BCUT2D eigenvalue weighted by Gasteiger charge is 2.08. The van der Waals surface area contributed by atoms with Gasteiger partial charge in [-0.05, 0) is 17.7 Å². The number of fused-ring (bicyclic) bond motifs is 1. The summed E-state index contributed by atoms with van der Waals surface area (Å²) in [4.78, 5) is 8.31. The molecule has 0 atom stereocenters. The summed E-state index contributed by atoms with van der Waals surface area (Å²) in [5, 5.41) is 7.55. The third-order valence-electron chi connectivity index (χ3n) is 3.05. The number of anilines is 1. The summed E-state index contributed by atoms with van der Waals surface area (Å²) in [6, 6.07) is 8.32. The molecule has 0 fully saturated rings. The van der Waals surface area contributed by atoms with Crippen LogP contribution in [0, 0.1) is 0 Å². The molecule has 0 aliphatic rings. The molecule has 0 amide bonds. The maximum absolute atomic E-state index is 11.4. The second-order valence-electron chi connectivity index (χ2n) is 4.71. The van der Waals surface area contributed by atoms with Crippen LogP contribution in [-0.4, -0.2) is 34.3 Å². The van der Waals surface area contributed by atoms with Gasteiger partial charge in [0.05, 0.1) is 4.90 Å². The van der Waals surface area contributed by atoms with Crippen LogP contribution in [0.3, 0.4) is 0 Å². The summed E-state index contributed by atoms with van der Waals surface area (Å²) in [6.07, 6.45) is 2.57. The first kappa shape index (κ1) is 14.7. The monoisotopic (exact) mass is 337 g/mol. The van der Waals surface area contributed by atoms with E-state index in [-0.39, 0.29) is 0 Å². The molecule has 2 heterocycles. The average molecular weight is 338 g/mol. The van der Waals surface area contributed by atoms with Gasteiger partial charge in [-0.15, -0.1) is 0 Å². The van der Waals surface area contributed by atoms with Crippen LogP contribution in [0.4, 0.5) is 5.82 Å². The van der Waals surface area contributed by atoms with Gasteiger partial charge in [0.15, 0.2) is 9.84 Å². The third kappa shape index (κ3) is 3.02. The largest absolute Gasteiger partial charge is 0.366 e. The van der Waals surface area contributed by atoms with Crippen LogP contribution < -0.4 is 5.32 Å². The van der Waals surface area contributed by atoms with Gasteiger partial charge in [0.2, 0.25) is 0 Å². The summed E-state index contributed by atoms with van der Waals surface area (Å²) in [7, 11) is -3.18. The number of aromatic nitrogens is 4. The van der Waals surface area contributed by atoms with Crippen molar-refractivity contribution in [2.24, 2.45) is 0 Å². The van der Waals surface area contributed by atoms with E-state index in [1.54, 1.807) is 30.3 Å². The third-order valence-corrected chi connectivity index (χ3v) is 4.37. The van der Waals surface area contributed by atoms with Gasteiger partial charge < -0.3 is 5.32 Å². The average Bonchev–Trinajstić information content (AvgIpc) is 2.92. The van der Waals surface area contributed by atoms with E-state index < -0.39 is 9.84 Å². The Morgan fingerprint density at radius 3 is 2.68 bits per heavy atom. The molecule has 3 aromatic rings. The summed E-state index contributed by atoms with van der Waals surface area (Å²) in [5.41, 5.74) is 0.925. The Morgan fingerprint density at radius 2 is 2.00 bits per heavy atom. The predicted molar refractivity (Wildman–Crippen MR) is 82.7 cm³/mol. The fourth-order valence-electron chi connectivity index (χ4n) is 1.96. The van der Waals surface area contributed by atoms with Gasteiger partial charge in [0, 0.05) is 18.9 Å². The summed E-state index contributed by atoms with van der Waals surface area (Å²) >= 11 is 5.93. The van der Waals surface area contributed by atoms with Crippen molar-refractivity contribution in [1.29, 1.82) is 0 Å². The van der Waals surface area contributed by atoms with E-state index in [9.17, 15) is 8.42 Å². The number of nitrogens with zero attached hydrogens (tertiary/aromatic N) is 4. The van der Waals surface area contributed by atoms with Gasteiger partial charge in [-0.2, -0.15) is 19.6 Å². The highest BCUT2D eigenvalue weighted by Crippen LogP contribution is 2.16. The first-order valence-electron chi connectivity index (χ1n) is 6.32. The quantitative estimate of drug-likeness (QED) is 0.730. The van der Waals surface area contributed by atoms with Gasteiger partial charge in [0.25, 0.3) is 5.78 Å². The SMILES string of the molecule is CS(=O)(=O)c1ccc(CNc2cc(Cl)nc3ncnn23)cc1. The molecule has 1 N–H and O–H groups in total. The van der Waals surface area contributed by atoms with Gasteiger partial charge >= 0.3 is 0 Å². The fourth-order valence-corrected chi connectivity index (χ4v) is 2.77. The van der Waals surface area contributed by atoms with E-state index in [4.69, 9.17) is 11.6 Å². The van der Waals surface area contributed by atoms with Crippen molar-refractivity contribution in [2.75, 3.05) is 11.6 Å². The number of sulfone groups is 1. The predicted octanol–water partition coefficient (Wildman–Crippen LogP) is 1.79. The molecular weight excluding hydrogens is 326 g/mol. The zero-order valence-corrected chi connectivity index (χ0v) is 13.1. The van der Waals surface area contributed by atoms with Crippen molar-refractivity contribution < 1.29 is 8.42 Å².